The third kappa shape index (κ3) is 4.17. The number of benzene rings is 1. The largest absolute Gasteiger partial charge is 0.377 e. The molecular weight excluding hydrogens is 392 g/mol. The first-order chi connectivity index (χ1) is 13.6. The highest BCUT2D eigenvalue weighted by molar-refractivity contribution is 7.89. The van der Waals surface area contributed by atoms with Crippen molar-refractivity contribution in [2.75, 3.05) is 33.9 Å². The minimum atomic E-state index is -3.52. The lowest BCUT2D eigenvalue weighted by Crippen LogP contribution is -2.55. The molecular formula is C20H30N4O4S. The highest BCUT2D eigenvalue weighted by Gasteiger charge is 2.33. The Morgan fingerprint density at radius 3 is 2.66 bits per heavy atom. The monoisotopic (exact) mass is 422 g/mol. The molecule has 2 heterocycles. The van der Waals surface area contributed by atoms with Crippen molar-refractivity contribution in [1.29, 1.82) is 0 Å². The molecule has 0 saturated carbocycles. The second-order valence-electron chi connectivity index (χ2n) is 8.12. The van der Waals surface area contributed by atoms with Gasteiger partial charge in [-0.3, -0.25) is 4.79 Å². The quantitative estimate of drug-likeness (QED) is 0.710. The van der Waals surface area contributed by atoms with Gasteiger partial charge in [0.25, 0.3) is 0 Å². The number of nitrogens with zero attached hydrogens (tertiary/aromatic N) is 4. The number of hydrogen-bond donors (Lipinski definition) is 0. The zero-order valence-corrected chi connectivity index (χ0v) is 18.6. The van der Waals surface area contributed by atoms with Crippen molar-refractivity contribution in [2.45, 2.75) is 50.6 Å². The molecule has 0 aliphatic carbocycles. The fourth-order valence-corrected chi connectivity index (χ4v) is 4.67. The number of aromatic nitrogens is 2. The topological polar surface area (TPSA) is 84.7 Å². The number of ether oxygens (including phenoxy) is 1. The van der Waals surface area contributed by atoms with Crippen molar-refractivity contribution in [2.24, 2.45) is 0 Å². The van der Waals surface area contributed by atoms with Crippen LogP contribution in [0.2, 0.25) is 0 Å². The van der Waals surface area contributed by atoms with Crippen LogP contribution in [0.25, 0.3) is 11.0 Å². The van der Waals surface area contributed by atoms with E-state index >= 15 is 0 Å². The molecule has 1 aromatic heterocycles. The SMILES string of the molecule is CCn1c(CCC(=O)N2CCOCC2(C)C)nc2cc(S(=O)(=O)N(C)C)ccc21. The number of rotatable bonds is 6. The van der Waals surface area contributed by atoms with Gasteiger partial charge in [-0.15, -0.1) is 0 Å². The van der Waals surface area contributed by atoms with E-state index in [1.807, 2.05) is 30.2 Å². The lowest BCUT2D eigenvalue weighted by Gasteiger charge is -2.42. The van der Waals surface area contributed by atoms with E-state index < -0.39 is 10.0 Å². The molecule has 29 heavy (non-hydrogen) atoms. The fourth-order valence-electron chi connectivity index (χ4n) is 3.75. The molecule has 2 aromatic rings. The fraction of sp³-hybridized carbons (Fsp3) is 0.600. The van der Waals surface area contributed by atoms with Gasteiger partial charge < -0.3 is 14.2 Å². The minimum absolute atomic E-state index is 0.0869. The normalized spacial score (nSPS) is 17.2. The van der Waals surface area contributed by atoms with Gasteiger partial charge in [-0.05, 0) is 39.0 Å². The number of fused-ring (bicyclic) bond motifs is 1. The summed E-state index contributed by atoms with van der Waals surface area (Å²) in [6, 6.07) is 5.00. The van der Waals surface area contributed by atoms with Crippen LogP contribution in [-0.2, 0) is 32.5 Å². The summed E-state index contributed by atoms with van der Waals surface area (Å²) in [4.78, 5) is 19.6. The Balaban J connectivity index is 1.85. The molecule has 9 heteroatoms. The van der Waals surface area contributed by atoms with Crippen LogP contribution in [0.4, 0.5) is 0 Å². The zero-order chi connectivity index (χ0) is 21.4. The van der Waals surface area contributed by atoms with Crippen molar-refractivity contribution in [1.82, 2.24) is 18.8 Å². The Bertz CT molecular complexity index is 1010. The molecule has 0 radical (unpaired) electrons. The van der Waals surface area contributed by atoms with Gasteiger partial charge in [0, 0.05) is 40.0 Å². The van der Waals surface area contributed by atoms with Crippen molar-refractivity contribution in [3.8, 4) is 0 Å². The van der Waals surface area contributed by atoms with E-state index in [1.54, 1.807) is 18.2 Å². The number of carbonyl (C=O) groups excluding carboxylic acids is 1. The maximum atomic E-state index is 12.8. The van der Waals surface area contributed by atoms with Gasteiger partial charge in [-0.1, -0.05) is 0 Å². The maximum absolute atomic E-state index is 12.8. The van der Waals surface area contributed by atoms with Gasteiger partial charge >= 0.3 is 0 Å². The number of sulfonamides is 1. The molecule has 160 valence electrons. The Kier molecular flexibility index (Phi) is 6.03. The van der Waals surface area contributed by atoms with E-state index in [-0.39, 0.29) is 16.3 Å². The Hall–Kier alpha value is -1.97. The summed E-state index contributed by atoms with van der Waals surface area (Å²) in [5.41, 5.74) is 1.19. The molecule has 0 bridgehead atoms. The Morgan fingerprint density at radius 2 is 2.03 bits per heavy atom. The second-order valence-corrected chi connectivity index (χ2v) is 10.3. The number of aryl methyl sites for hydroxylation is 2. The van der Waals surface area contributed by atoms with Gasteiger partial charge in [0.15, 0.2) is 0 Å². The molecule has 3 rings (SSSR count). The molecule has 8 nitrogen and oxygen atoms in total. The lowest BCUT2D eigenvalue weighted by molar-refractivity contribution is -0.146. The Labute approximate surface area is 172 Å². The average molecular weight is 423 g/mol. The molecule has 1 aliphatic heterocycles. The molecule has 0 N–H and O–H groups in total. The van der Waals surface area contributed by atoms with E-state index in [9.17, 15) is 13.2 Å². The highest BCUT2D eigenvalue weighted by atomic mass is 32.2. The van der Waals surface area contributed by atoms with Crippen LogP contribution in [0.15, 0.2) is 23.1 Å². The third-order valence-electron chi connectivity index (χ3n) is 5.40. The van der Waals surface area contributed by atoms with E-state index in [2.05, 4.69) is 4.98 Å². The molecule has 0 spiro atoms. The molecule has 1 aliphatic rings. The molecule has 0 unspecified atom stereocenters. The van der Waals surface area contributed by atoms with Crippen LogP contribution in [0.5, 0.6) is 0 Å². The lowest BCUT2D eigenvalue weighted by atomic mass is 10.0. The standard InChI is InChI=1S/C20H30N4O4S/c1-6-23-17-8-7-15(29(26,27)22(4)5)13-16(17)21-18(23)9-10-19(25)24-11-12-28-14-20(24,2)3/h7-8,13H,6,9-12,14H2,1-5H3. The smallest absolute Gasteiger partial charge is 0.242 e. The van der Waals surface area contributed by atoms with Crippen LogP contribution in [0, 0.1) is 0 Å². The van der Waals surface area contributed by atoms with E-state index in [0.29, 0.717) is 44.7 Å². The molecule has 1 aromatic carbocycles. The summed E-state index contributed by atoms with van der Waals surface area (Å²) < 4.78 is 33.6. The third-order valence-corrected chi connectivity index (χ3v) is 7.21. The first kappa shape index (κ1) is 21.7. The summed E-state index contributed by atoms with van der Waals surface area (Å²) in [7, 11) is -0.504. The molecule has 1 saturated heterocycles. The summed E-state index contributed by atoms with van der Waals surface area (Å²) in [5, 5.41) is 0. The van der Waals surface area contributed by atoms with Gasteiger partial charge in [0.2, 0.25) is 15.9 Å². The van der Waals surface area contributed by atoms with Gasteiger partial charge in [-0.2, -0.15) is 0 Å². The van der Waals surface area contributed by atoms with E-state index in [0.717, 1.165) is 11.3 Å². The molecule has 1 amide bonds. The Morgan fingerprint density at radius 1 is 1.31 bits per heavy atom. The van der Waals surface area contributed by atoms with Gasteiger partial charge in [-0.25, -0.2) is 17.7 Å². The van der Waals surface area contributed by atoms with Crippen molar-refractivity contribution in [3.05, 3.63) is 24.0 Å². The maximum Gasteiger partial charge on any atom is 0.242 e. The summed E-state index contributed by atoms with van der Waals surface area (Å²) in [5.74, 6) is 0.880. The van der Waals surface area contributed by atoms with Crippen molar-refractivity contribution >= 4 is 27.0 Å². The van der Waals surface area contributed by atoms with Crippen molar-refractivity contribution < 1.29 is 17.9 Å². The van der Waals surface area contributed by atoms with Crippen LogP contribution >= 0.6 is 0 Å². The van der Waals surface area contributed by atoms with Crippen LogP contribution in [0.1, 0.15) is 33.0 Å². The molecule has 1 fully saturated rings. The predicted octanol–water partition coefficient (Wildman–Crippen LogP) is 1.88. The van der Waals surface area contributed by atoms with Crippen LogP contribution in [0.3, 0.4) is 0 Å². The summed E-state index contributed by atoms with van der Waals surface area (Å²) >= 11 is 0. The minimum Gasteiger partial charge on any atom is -0.377 e. The number of hydrogen-bond acceptors (Lipinski definition) is 5. The summed E-state index contributed by atoms with van der Waals surface area (Å²) in [6.45, 7) is 8.43. The number of imidazole rings is 1. The van der Waals surface area contributed by atoms with Crippen LogP contribution in [-0.4, -0.2) is 72.5 Å². The first-order valence-corrected chi connectivity index (χ1v) is 11.3. The van der Waals surface area contributed by atoms with Crippen molar-refractivity contribution in [3.63, 3.8) is 0 Å². The highest BCUT2D eigenvalue weighted by Crippen LogP contribution is 2.24. The number of amides is 1. The first-order valence-electron chi connectivity index (χ1n) is 9.88. The number of carbonyl (C=O) groups is 1. The van der Waals surface area contributed by atoms with Crippen LogP contribution < -0.4 is 0 Å². The zero-order valence-electron chi connectivity index (χ0n) is 17.8. The molecule has 0 atom stereocenters. The average Bonchev–Trinajstić information content (AvgIpc) is 3.02. The van der Waals surface area contributed by atoms with E-state index in [1.165, 1.54) is 18.4 Å². The van der Waals surface area contributed by atoms with Gasteiger partial charge in [0.05, 0.1) is 34.7 Å². The second kappa shape index (κ2) is 8.04. The predicted molar refractivity (Wildman–Crippen MR) is 111 cm³/mol. The van der Waals surface area contributed by atoms with Gasteiger partial charge in [0.1, 0.15) is 5.82 Å². The van der Waals surface area contributed by atoms with E-state index in [4.69, 9.17) is 4.74 Å². The summed E-state index contributed by atoms with van der Waals surface area (Å²) in [6.07, 6.45) is 0.861. The number of morpholine rings is 1.